The summed E-state index contributed by atoms with van der Waals surface area (Å²) in [6.45, 7) is 0. The Hall–Kier alpha value is -1.80. The molecule has 1 aromatic carbocycles. The summed E-state index contributed by atoms with van der Waals surface area (Å²) in [5.74, 6) is 0.123. The standard InChI is InChI=1S/C13H15N3O3S2/c1-16(2)12-14-15-13(21-12)20-6-5-10(18)9-4-3-8(17)7-11(9)19/h3-4,7,17,19H,5-6H2,1-2H3. The first kappa shape index (κ1) is 15.6. The van der Waals surface area contributed by atoms with E-state index in [4.69, 9.17) is 0 Å². The number of anilines is 1. The van der Waals surface area contributed by atoms with Crippen molar-refractivity contribution < 1.29 is 15.0 Å². The van der Waals surface area contributed by atoms with Gasteiger partial charge < -0.3 is 15.1 Å². The van der Waals surface area contributed by atoms with Gasteiger partial charge in [-0.25, -0.2) is 0 Å². The van der Waals surface area contributed by atoms with Gasteiger partial charge in [0.25, 0.3) is 0 Å². The third-order valence-corrected chi connectivity index (χ3v) is 4.84. The van der Waals surface area contributed by atoms with Crippen molar-refractivity contribution in [2.75, 3.05) is 24.7 Å². The molecule has 8 heteroatoms. The Morgan fingerprint density at radius 3 is 2.71 bits per heavy atom. The van der Waals surface area contributed by atoms with Crippen molar-refractivity contribution >= 4 is 34.0 Å². The monoisotopic (exact) mass is 325 g/mol. The van der Waals surface area contributed by atoms with Crippen LogP contribution in [0.25, 0.3) is 0 Å². The van der Waals surface area contributed by atoms with Gasteiger partial charge in [0, 0.05) is 32.3 Å². The fraction of sp³-hybridized carbons (Fsp3) is 0.308. The first-order chi connectivity index (χ1) is 9.97. The molecule has 2 N–H and O–H groups in total. The van der Waals surface area contributed by atoms with E-state index in [1.807, 2.05) is 19.0 Å². The number of Topliss-reactive ketones (excluding diaryl/α,β-unsaturated/α-hetero) is 1. The van der Waals surface area contributed by atoms with Crippen molar-refractivity contribution in [1.29, 1.82) is 0 Å². The van der Waals surface area contributed by atoms with Gasteiger partial charge in [0.2, 0.25) is 5.13 Å². The van der Waals surface area contributed by atoms with E-state index in [-0.39, 0.29) is 29.3 Å². The van der Waals surface area contributed by atoms with Crippen molar-refractivity contribution in [3.63, 3.8) is 0 Å². The summed E-state index contributed by atoms with van der Waals surface area (Å²) in [5, 5.41) is 27.7. The van der Waals surface area contributed by atoms with Crippen LogP contribution >= 0.6 is 23.1 Å². The first-order valence-corrected chi connectivity index (χ1v) is 7.96. The molecule has 0 spiro atoms. The molecule has 2 aromatic rings. The molecule has 0 aliphatic heterocycles. The average molecular weight is 325 g/mol. The highest BCUT2D eigenvalue weighted by atomic mass is 32.2. The number of carbonyl (C=O) groups is 1. The number of aromatic nitrogens is 2. The van der Waals surface area contributed by atoms with Crippen LogP contribution < -0.4 is 4.90 Å². The van der Waals surface area contributed by atoms with Gasteiger partial charge in [-0.3, -0.25) is 4.79 Å². The number of phenolic OH excluding ortho intramolecular Hbond substituents is 2. The van der Waals surface area contributed by atoms with E-state index in [1.54, 1.807) is 0 Å². The average Bonchev–Trinajstić information content (AvgIpc) is 2.87. The van der Waals surface area contributed by atoms with Gasteiger partial charge in [-0.2, -0.15) is 0 Å². The zero-order valence-corrected chi connectivity index (χ0v) is 13.2. The fourth-order valence-corrected chi connectivity index (χ4v) is 3.34. The second kappa shape index (κ2) is 6.77. The van der Waals surface area contributed by atoms with Gasteiger partial charge >= 0.3 is 0 Å². The molecule has 0 radical (unpaired) electrons. The van der Waals surface area contributed by atoms with Crippen LogP contribution in [0.15, 0.2) is 22.5 Å². The molecule has 112 valence electrons. The smallest absolute Gasteiger partial charge is 0.208 e. The highest BCUT2D eigenvalue weighted by molar-refractivity contribution is 8.01. The lowest BCUT2D eigenvalue weighted by molar-refractivity contribution is 0.0987. The van der Waals surface area contributed by atoms with Crippen LogP contribution in [0.1, 0.15) is 16.8 Å². The van der Waals surface area contributed by atoms with Crippen molar-refractivity contribution in [2.45, 2.75) is 10.8 Å². The number of nitrogens with zero attached hydrogens (tertiary/aromatic N) is 3. The Balaban J connectivity index is 1.89. The lowest BCUT2D eigenvalue weighted by Gasteiger charge is -2.04. The fourth-order valence-electron chi connectivity index (χ4n) is 1.56. The van der Waals surface area contributed by atoms with E-state index in [9.17, 15) is 15.0 Å². The van der Waals surface area contributed by atoms with E-state index in [0.29, 0.717) is 5.75 Å². The highest BCUT2D eigenvalue weighted by Crippen LogP contribution is 2.28. The molecule has 6 nitrogen and oxygen atoms in total. The van der Waals surface area contributed by atoms with E-state index >= 15 is 0 Å². The third-order valence-electron chi connectivity index (χ3n) is 2.61. The number of thioether (sulfide) groups is 1. The SMILES string of the molecule is CN(C)c1nnc(SCCC(=O)c2ccc(O)cc2O)s1. The Bertz CT molecular complexity index is 643. The summed E-state index contributed by atoms with van der Waals surface area (Å²) in [7, 11) is 3.79. The molecule has 21 heavy (non-hydrogen) atoms. The molecule has 0 bridgehead atoms. The zero-order chi connectivity index (χ0) is 15.4. The highest BCUT2D eigenvalue weighted by Gasteiger charge is 2.13. The molecular weight excluding hydrogens is 310 g/mol. The minimum Gasteiger partial charge on any atom is -0.508 e. The normalized spacial score (nSPS) is 10.6. The Kier molecular flexibility index (Phi) is 5.03. The molecule has 0 amide bonds. The molecule has 1 aromatic heterocycles. The van der Waals surface area contributed by atoms with Crippen LogP contribution in [0.5, 0.6) is 11.5 Å². The Labute approximate surface area is 130 Å². The lowest BCUT2D eigenvalue weighted by Crippen LogP contribution is -2.07. The van der Waals surface area contributed by atoms with Gasteiger partial charge in [-0.05, 0) is 12.1 Å². The van der Waals surface area contributed by atoms with Crippen LogP contribution in [0, 0.1) is 0 Å². The van der Waals surface area contributed by atoms with Gasteiger partial charge in [-0.1, -0.05) is 23.1 Å². The number of aromatic hydroxyl groups is 2. The zero-order valence-electron chi connectivity index (χ0n) is 11.6. The van der Waals surface area contributed by atoms with Crippen LogP contribution in [-0.2, 0) is 0 Å². The van der Waals surface area contributed by atoms with E-state index in [2.05, 4.69) is 10.2 Å². The molecule has 0 saturated carbocycles. The number of hydrogen-bond acceptors (Lipinski definition) is 8. The molecule has 0 aliphatic rings. The number of rotatable bonds is 6. The largest absolute Gasteiger partial charge is 0.508 e. The van der Waals surface area contributed by atoms with E-state index in [0.717, 1.165) is 15.5 Å². The number of phenols is 2. The molecule has 0 aliphatic carbocycles. The predicted octanol–water partition coefficient (Wildman–Crippen LogP) is 2.38. The van der Waals surface area contributed by atoms with E-state index in [1.165, 1.54) is 35.2 Å². The van der Waals surface area contributed by atoms with Gasteiger partial charge in [-0.15, -0.1) is 10.2 Å². The summed E-state index contributed by atoms with van der Waals surface area (Å²) in [6, 6.07) is 3.97. The summed E-state index contributed by atoms with van der Waals surface area (Å²) in [6.07, 6.45) is 0.278. The maximum Gasteiger partial charge on any atom is 0.208 e. The van der Waals surface area contributed by atoms with E-state index < -0.39 is 0 Å². The van der Waals surface area contributed by atoms with Crippen molar-refractivity contribution in [1.82, 2.24) is 10.2 Å². The van der Waals surface area contributed by atoms with Gasteiger partial charge in [0.15, 0.2) is 10.1 Å². The van der Waals surface area contributed by atoms with Crippen LogP contribution in [0.2, 0.25) is 0 Å². The summed E-state index contributed by atoms with van der Waals surface area (Å²) >= 11 is 2.92. The second-order valence-electron chi connectivity index (χ2n) is 4.47. The number of ketones is 1. The molecule has 0 saturated heterocycles. The summed E-state index contributed by atoms with van der Waals surface area (Å²) < 4.78 is 0.807. The molecule has 0 fully saturated rings. The minimum atomic E-state index is -0.198. The van der Waals surface area contributed by atoms with Crippen LogP contribution in [0.3, 0.4) is 0 Å². The van der Waals surface area contributed by atoms with Crippen molar-refractivity contribution in [3.8, 4) is 11.5 Å². The first-order valence-electron chi connectivity index (χ1n) is 6.16. The lowest BCUT2D eigenvalue weighted by atomic mass is 10.1. The number of carbonyl (C=O) groups excluding carboxylic acids is 1. The Morgan fingerprint density at radius 1 is 1.33 bits per heavy atom. The van der Waals surface area contributed by atoms with Crippen molar-refractivity contribution in [2.24, 2.45) is 0 Å². The molecular formula is C13H15N3O3S2. The quantitative estimate of drug-likeness (QED) is 0.623. The summed E-state index contributed by atoms with van der Waals surface area (Å²) in [5.41, 5.74) is 0.222. The van der Waals surface area contributed by atoms with Crippen LogP contribution in [0.4, 0.5) is 5.13 Å². The van der Waals surface area contributed by atoms with Gasteiger partial charge in [0.1, 0.15) is 11.5 Å². The molecule has 0 unspecified atom stereocenters. The molecule has 1 heterocycles. The maximum atomic E-state index is 12.0. The molecule has 2 rings (SSSR count). The number of hydrogen-bond donors (Lipinski definition) is 2. The molecule has 0 atom stereocenters. The topological polar surface area (TPSA) is 86.6 Å². The third kappa shape index (κ3) is 4.08. The van der Waals surface area contributed by atoms with Crippen LogP contribution in [-0.4, -0.2) is 46.0 Å². The minimum absolute atomic E-state index is 0.0662. The second-order valence-corrected chi connectivity index (χ2v) is 6.77. The predicted molar refractivity (Wildman–Crippen MR) is 83.7 cm³/mol. The summed E-state index contributed by atoms with van der Waals surface area (Å²) in [4.78, 5) is 13.9. The number of benzene rings is 1. The Morgan fingerprint density at radius 2 is 2.10 bits per heavy atom. The maximum absolute atomic E-state index is 12.0. The van der Waals surface area contributed by atoms with Gasteiger partial charge in [0.05, 0.1) is 5.56 Å². The van der Waals surface area contributed by atoms with Crippen molar-refractivity contribution in [3.05, 3.63) is 23.8 Å².